The number of likely N-dealkylation sites (tertiary alicyclic amines) is 1. The quantitative estimate of drug-likeness (QED) is 0.782. The summed E-state index contributed by atoms with van der Waals surface area (Å²) in [6, 6.07) is 0.299. The van der Waals surface area contributed by atoms with Crippen molar-refractivity contribution in [3.63, 3.8) is 0 Å². The molecule has 2 fully saturated rings. The molecule has 0 aromatic heterocycles. The van der Waals surface area contributed by atoms with Crippen molar-refractivity contribution in [2.24, 2.45) is 11.8 Å². The Balaban J connectivity index is 2.07. The van der Waals surface area contributed by atoms with Gasteiger partial charge in [-0.15, -0.1) is 0 Å². The molecule has 0 aromatic rings. The predicted molar refractivity (Wildman–Crippen MR) is 71.0 cm³/mol. The molecule has 1 aliphatic carbocycles. The van der Waals surface area contributed by atoms with E-state index in [2.05, 4.69) is 6.92 Å². The predicted octanol–water partition coefficient (Wildman–Crippen LogP) is 1.46. The second kappa shape index (κ2) is 5.19. The molecule has 1 amide bonds. The van der Waals surface area contributed by atoms with Crippen LogP contribution in [0.2, 0.25) is 0 Å². The monoisotopic (exact) mass is 273 g/mol. The van der Waals surface area contributed by atoms with Crippen molar-refractivity contribution in [3.05, 3.63) is 0 Å². The topological polar surface area (TPSA) is 54.5 Å². The SMILES string of the molecule is CCS(=O)(=O)CC(=O)N1CC(C)C2CCCCC21. The van der Waals surface area contributed by atoms with Crippen LogP contribution in [0.25, 0.3) is 0 Å². The van der Waals surface area contributed by atoms with Crippen molar-refractivity contribution in [2.45, 2.75) is 45.6 Å². The van der Waals surface area contributed by atoms with Gasteiger partial charge >= 0.3 is 0 Å². The summed E-state index contributed by atoms with van der Waals surface area (Å²) in [5.74, 6) is 0.670. The Hall–Kier alpha value is -0.580. The van der Waals surface area contributed by atoms with Crippen molar-refractivity contribution in [2.75, 3.05) is 18.1 Å². The number of fused-ring (bicyclic) bond motifs is 1. The van der Waals surface area contributed by atoms with Crippen molar-refractivity contribution in [1.82, 2.24) is 4.90 Å². The summed E-state index contributed by atoms with van der Waals surface area (Å²) in [5, 5.41) is 0. The summed E-state index contributed by atoms with van der Waals surface area (Å²) in [5.41, 5.74) is 0. The fourth-order valence-corrected chi connectivity index (χ4v) is 4.18. The summed E-state index contributed by atoms with van der Waals surface area (Å²) in [4.78, 5) is 14.0. The van der Waals surface area contributed by atoms with Gasteiger partial charge in [-0.1, -0.05) is 26.7 Å². The fourth-order valence-electron chi connectivity index (χ4n) is 3.43. The fraction of sp³-hybridized carbons (Fsp3) is 0.923. The van der Waals surface area contributed by atoms with Crippen LogP contribution in [-0.4, -0.2) is 43.3 Å². The molecule has 2 aliphatic rings. The average Bonchev–Trinajstić information content (AvgIpc) is 2.67. The van der Waals surface area contributed by atoms with E-state index in [1.54, 1.807) is 6.92 Å². The molecule has 0 bridgehead atoms. The molecule has 2 rings (SSSR count). The summed E-state index contributed by atoms with van der Waals surface area (Å²) >= 11 is 0. The lowest BCUT2D eigenvalue weighted by atomic mass is 9.80. The average molecular weight is 273 g/mol. The van der Waals surface area contributed by atoms with Crippen molar-refractivity contribution < 1.29 is 13.2 Å². The van der Waals surface area contributed by atoms with Crippen LogP contribution < -0.4 is 0 Å². The minimum absolute atomic E-state index is 0.0518. The highest BCUT2D eigenvalue weighted by molar-refractivity contribution is 7.92. The number of amides is 1. The maximum absolute atomic E-state index is 12.2. The molecule has 5 heteroatoms. The van der Waals surface area contributed by atoms with Gasteiger partial charge in [-0.25, -0.2) is 8.42 Å². The van der Waals surface area contributed by atoms with Crippen molar-refractivity contribution in [1.29, 1.82) is 0 Å². The van der Waals surface area contributed by atoms with Gasteiger partial charge in [0.05, 0.1) is 0 Å². The first-order chi connectivity index (χ1) is 8.44. The second-order valence-electron chi connectivity index (χ2n) is 5.72. The van der Waals surface area contributed by atoms with Gasteiger partial charge < -0.3 is 4.90 Å². The van der Waals surface area contributed by atoms with Gasteiger partial charge in [0.25, 0.3) is 0 Å². The molecule has 0 aromatic carbocycles. The smallest absolute Gasteiger partial charge is 0.238 e. The third-order valence-electron chi connectivity index (χ3n) is 4.50. The van der Waals surface area contributed by atoms with Crippen LogP contribution in [0.15, 0.2) is 0 Å². The molecule has 0 spiro atoms. The van der Waals surface area contributed by atoms with Crippen LogP contribution in [-0.2, 0) is 14.6 Å². The van der Waals surface area contributed by atoms with Gasteiger partial charge in [0, 0.05) is 18.3 Å². The van der Waals surface area contributed by atoms with Gasteiger partial charge in [0.1, 0.15) is 5.75 Å². The van der Waals surface area contributed by atoms with Gasteiger partial charge in [0.2, 0.25) is 5.91 Å². The van der Waals surface area contributed by atoms with E-state index >= 15 is 0 Å². The maximum atomic E-state index is 12.2. The summed E-state index contributed by atoms with van der Waals surface area (Å²) in [7, 11) is -3.20. The van der Waals surface area contributed by atoms with E-state index in [1.807, 2.05) is 4.90 Å². The number of sulfone groups is 1. The van der Waals surface area contributed by atoms with E-state index in [9.17, 15) is 13.2 Å². The highest BCUT2D eigenvalue weighted by Gasteiger charge is 2.42. The highest BCUT2D eigenvalue weighted by Crippen LogP contribution is 2.39. The zero-order valence-electron chi connectivity index (χ0n) is 11.3. The Morgan fingerprint density at radius 1 is 1.28 bits per heavy atom. The van der Waals surface area contributed by atoms with Gasteiger partial charge in [-0.3, -0.25) is 4.79 Å². The Kier molecular flexibility index (Phi) is 3.99. The molecule has 0 N–H and O–H groups in total. The van der Waals surface area contributed by atoms with E-state index in [0.717, 1.165) is 19.4 Å². The van der Waals surface area contributed by atoms with Gasteiger partial charge in [-0.05, 0) is 24.7 Å². The van der Waals surface area contributed by atoms with Gasteiger partial charge in [0.15, 0.2) is 9.84 Å². The van der Waals surface area contributed by atoms with E-state index in [-0.39, 0.29) is 17.4 Å². The number of carbonyl (C=O) groups excluding carboxylic acids is 1. The normalized spacial score (nSPS) is 32.3. The highest BCUT2D eigenvalue weighted by atomic mass is 32.2. The number of rotatable bonds is 3. The molecule has 104 valence electrons. The third kappa shape index (κ3) is 2.71. The molecule has 18 heavy (non-hydrogen) atoms. The molecule has 1 saturated carbocycles. The molecule has 1 heterocycles. The first-order valence-corrected chi connectivity index (χ1v) is 8.76. The summed E-state index contributed by atoms with van der Waals surface area (Å²) in [6.07, 6.45) is 4.65. The maximum Gasteiger partial charge on any atom is 0.238 e. The minimum Gasteiger partial charge on any atom is -0.338 e. The van der Waals surface area contributed by atoms with Crippen LogP contribution in [0.4, 0.5) is 0 Å². The van der Waals surface area contributed by atoms with Crippen LogP contribution in [0.1, 0.15) is 39.5 Å². The number of hydrogen-bond donors (Lipinski definition) is 0. The Bertz CT molecular complexity index is 418. The number of hydrogen-bond acceptors (Lipinski definition) is 3. The van der Waals surface area contributed by atoms with Crippen LogP contribution >= 0.6 is 0 Å². The Labute approximate surface area is 110 Å². The van der Waals surface area contributed by atoms with E-state index < -0.39 is 9.84 Å². The summed E-state index contributed by atoms with van der Waals surface area (Å²) in [6.45, 7) is 4.52. The number of nitrogens with zero attached hydrogens (tertiary/aromatic N) is 1. The Morgan fingerprint density at radius 2 is 1.94 bits per heavy atom. The molecule has 1 aliphatic heterocycles. The lowest BCUT2D eigenvalue weighted by Gasteiger charge is -2.32. The van der Waals surface area contributed by atoms with Crippen LogP contribution in [0, 0.1) is 11.8 Å². The lowest BCUT2D eigenvalue weighted by molar-refractivity contribution is -0.130. The zero-order valence-corrected chi connectivity index (χ0v) is 12.1. The summed E-state index contributed by atoms with van der Waals surface area (Å²) < 4.78 is 23.1. The molecular formula is C13H23NO3S. The molecule has 4 nitrogen and oxygen atoms in total. The third-order valence-corrected chi connectivity index (χ3v) is 6.07. The van der Waals surface area contributed by atoms with E-state index in [1.165, 1.54) is 12.8 Å². The largest absolute Gasteiger partial charge is 0.338 e. The second-order valence-corrected chi connectivity index (χ2v) is 8.07. The first-order valence-electron chi connectivity index (χ1n) is 6.94. The first kappa shape index (κ1) is 13.8. The van der Waals surface area contributed by atoms with Crippen LogP contribution in [0.5, 0.6) is 0 Å². The zero-order chi connectivity index (χ0) is 13.3. The minimum atomic E-state index is -3.20. The van der Waals surface area contributed by atoms with Gasteiger partial charge in [-0.2, -0.15) is 0 Å². The molecule has 3 atom stereocenters. The van der Waals surface area contributed by atoms with Crippen molar-refractivity contribution in [3.8, 4) is 0 Å². The van der Waals surface area contributed by atoms with E-state index in [4.69, 9.17) is 0 Å². The molecule has 3 unspecified atom stereocenters. The molecule has 0 radical (unpaired) electrons. The standard InChI is InChI=1S/C13H23NO3S/c1-3-18(16,17)9-13(15)14-8-10(2)11-6-4-5-7-12(11)14/h10-12H,3-9H2,1-2H3. The van der Waals surface area contributed by atoms with E-state index in [0.29, 0.717) is 17.9 Å². The molecular weight excluding hydrogens is 250 g/mol. The Morgan fingerprint density at radius 3 is 2.61 bits per heavy atom. The molecule has 1 saturated heterocycles. The number of carbonyl (C=O) groups is 1. The lowest BCUT2D eigenvalue weighted by Crippen LogP contribution is -2.42. The van der Waals surface area contributed by atoms with Crippen LogP contribution in [0.3, 0.4) is 0 Å². The van der Waals surface area contributed by atoms with Crippen molar-refractivity contribution >= 4 is 15.7 Å².